The molecule has 0 amide bonds. The van der Waals surface area contributed by atoms with Crippen molar-refractivity contribution in [1.82, 2.24) is 15.1 Å². The van der Waals surface area contributed by atoms with Crippen LogP contribution in [0.25, 0.3) is 0 Å². The molecule has 0 heterocycles. The van der Waals surface area contributed by atoms with Gasteiger partial charge in [0.1, 0.15) is 0 Å². The van der Waals surface area contributed by atoms with Gasteiger partial charge < -0.3 is 10.2 Å². The van der Waals surface area contributed by atoms with Crippen molar-refractivity contribution in [2.75, 3.05) is 40.3 Å². The predicted octanol–water partition coefficient (Wildman–Crippen LogP) is 3.00. The lowest BCUT2D eigenvalue weighted by atomic mass is 10.0. The lowest BCUT2D eigenvalue weighted by molar-refractivity contribution is 0.173. The average molecular weight is 291 g/mol. The third-order valence-corrected chi connectivity index (χ3v) is 3.69. The van der Waals surface area contributed by atoms with E-state index in [1.807, 2.05) is 0 Å². The molecule has 1 aromatic carbocycles. The summed E-state index contributed by atoms with van der Waals surface area (Å²) in [4.78, 5) is 4.88. The Hall–Kier alpha value is -0.900. The Morgan fingerprint density at radius 1 is 1.00 bits per heavy atom. The molecule has 0 aliphatic heterocycles. The molecule has 1 unspecified atom stereocenters. The fourth-order valence-corrected chi connectivity index (χ4v) is 2.52. The summed E-state index contributed by atoms with van der Waals surface area (Å²) in [7, 11) is 4.29. The predicted molar refractivity (Wildman–Crippen MR) is 92.7 cm³/mol. The molecule has 3 heteroatoms. The van der Waals surface area contributed by atoms with Crippen molar-refractivity contribution in [2.45, 2.75) is 39.3 Å². The molecule has 3 nitrogen and oxygen atoms in total. The molecule has 1 rings (SSSR count). The van der Waals surface area contributed by atoms with Crippen molar-refractivity contribution in [1.29, 1.82) is 0 Å². The summed E-state index contributed by atoms with van der Waals surface area (Å²) >= 11 is 0. The summed E-state index contributed by atoms with van der Waals surface area (Å²) in [5, 5.41) is 3.62. The minimum absolute atomic E-state index is 0.452. The average Bonchev–Trinajstić information content (AvgIpc) is 2.45. The highest BCUT2D eigenvalue weighted by molar-refractivity contribution is 5.19. The van der Waals surface area contributed by atoms with Crippen molar-refractivity contribution in [2.24, 2.45) is 0 Å². The van der Waals surface area contributed by atoms with Crippen LogP contribution in [0.1, 0.15) is 38.8 Å². The molecule has 1 aromatic rings. The van der Waals surface area contributed by atoms with Gasteiger partial charge in [-0.3, -0.25) is 4.90 Å². The van der Waals surface area contributed by atoms with E-state index in [0.29, 0.717) is 12.1 Å². The number of hydrogen-bond acceptors (Lipinski definition) is 3. The molecule has 0 saturated carbocycles. The first-order valence-electron chi connectivity index (χ1n) is 8.21. The van der Waals surface area contributed by atoms with Crippen molar-refractivity contribution < 1.29 is 0 Å². The third kappa shape index (κ3) is 7.07. The maximum atomic E-state index is 3.62. The van der Waals surface area contributed by atoms with Crippen LogP contribution in [-0.2, 0) is 0 Å². The van der Waals surface area contributed by atoms with Gasteiger partial charge in [-0.1, -0.05) is 51.1 Å². The van der Waals surface area contributed by atoms with Crippen LogP contribution in [-0.4, -0.2) is 56.1 Å². The van der Waals surface area contributed by atoms with E-state index in [1.54, 1.807) is 0 Å². The molecule has 120 valence electrons. The Bertz CT molecular complexity index is 362. The number of rotatable bonds is 10. The summed E-state index contributed by atoms with van der Waals surface area (Å²) in [5.41, 5.74) is 1.41. The Morgan fingerprint density at radius 3 is 2.19 bits per heavy atom. The van der Waals surface area contributed by atoms with E-state index in [-0.39, 0.29) is 0 Å². The monoisotopic (exact) mass is 291 g/mol. The SMILES string of the molecule is CCCN(CCN(C)C)C(CNC(C)C)c1ccccc1. The molecule has 1 atom stereocenters. The van der Waals surface area contributed by atoms with Crippen LogP contribution in [0.2, 0.25) is 0 Å². The van der Waals surface area contributed by atoms with Crippen LogP contribution in [0.5, 0.6) is 0 Å². The van der Waals surface area contributed by atoms with Crippen molar-refractivity contribution in [3.63, 3.8) is 0 Å². The largest absolute Gasteiger partial charge is 0.313 e. The van der Waals surface area contributed by atoms with E-state index in [2.05, 4.69) is 80.3 Å². The molecule has 1 N–H and O–H groups in total. The summed E-state index contributed by atoms with van der Waals surface area (Å²) < 4.78 is 0. The van der Waals surface area contributed by atoms with Crippen LogP contribution in [0.4, 0.5) is 0 Å². The number of likely N-dealkylation sites (N-methyl/N-ethyl adjacent to an activating group) is 1. The molecule has 0 saturated heterocycles. The van der Waals surface area contributed by atoms with Gasteiger partial charge >= 0.3 is 0 Å². The third-order valence-electron chi connectivity index (χ3n) is 3.69. The molecule has 0 radical (unpaired) electrons. The van der Waals surface area contributed by atoms with E-state index in [4.69, 9.17) is 0 Å². The van der Waals surface area contributed by atoms with Gasteiger partial charge in [-0.2, -0.15) is 0 Å². The molecule has 21 heavy (non-hydrogen) atoms. The lowest BCUT2D eigenvalue weighted by Gasteiger charge is -2.33. The molecule has 0 bridgehead atoms. The van der Waals surface area contributed by atoms with E-state index in [9.17, 15) is 0 Å². The first-order chi connectivity index (χ1) is 10.0. The molecular weight excluding hydrogens is 258 g/mol. The first kappa shape index (κ1) is 18.1. The zero-order chi connectivity index (χ0) is 15.7. The Morgan fingerprint density at radius 2 is 1.67 bits per heavy atom. The van der Waals surface area contributed by atoms with Crippen LogP contribution in [0.15, 0.2) is 30.3 Å². The van der Waals surface area contributed by atoms with Gasteiger partial charge in [0, 0.05) is 31.7 Å². The van der Waals surface area contributed by atoms with Gasteiger partial charge in [-0.15, -0.1) is 0 Å². The second-order valence-corrected chi connectivity index (χ2v) is 6.33. The highest BCUT2D eigenvalue weighted by Gasteiger charge is 2.19. The van der Waals surface area contributed by atoms with Gasteiger partial charge in [0.25, 0.3) is 0 Å². The van der Waals surface area contributed by atoms with Gasteiger partial charge in [-0.05, 0) is 32.6 Å². The summed E-state index contributed by atoms with van der Waals surface area (Å²) in [6.07, 6.45) is 1.19. The van der Waals surface area contributed by atoms with Crippen molar-refractivity contribution in [3.8, 4) is 0 Å². The molecule has 0 aromatic heterocycles. The maximum Gasteiger partial charge on any atom is 0.0473 e. The van der Waals surface area contributed by atoms with Crippen molar-refractivity contribution >= 4 is 0 Å². The summed E-state index contributed by atoms with van der Waals surface area (Å²) in [5.74, 6) is 0. The molecule has 0 spiro atoms. The Kier molecular flexibility index (Phi) is 8.58. The molecule has 0 aliphatic carbocycles. The topological polar surface area (TPSA) is 18.5 Å². The van der Waals surface area contributed by atoms with E-state index in [1.165, 1.54) is 12.0 Å². The Balaban J connectivity index is 2.83. The number of hydrogen-bond donors (Lipinski definition) is 1. The minimum atomic E-state index is 0.452. The maximum absolute atomic E-state index is 3.62. The summed E-state index contributed by atoms with van der Waals surface area (Å²) in [6.45, 7) is 11.1. The normalized spacial score (nSPS) is 13.3. The van der Waals surface area contributed by atoms with Gasteiger partial charge in [0.05, 0.1) is 0 Å². The van der Waals surface area contributed by atoms with Gasteiger partial charge in [0.2, 0.25) is 0 Å². The fraction of sp³-hybridized carbons (Fsp3) is 0.667. The van der Waals surface area contributed by atoms with Gasteiger partial charge in [-0.25, -0.2) is 0 Å². The zero-order valence-electron chi connectivity index (χ0n) is 14.5. The number of nitrogens with zero attached hydrogens (tertiary/aromatic N) is 2. The Labute approximate surface area is 131 Å². The summed E-state index contributed by atoms with van der Waals surface area (Å²) in [6, 6.07) is 11.9. The molecule has 0 fully saturated rings. The molecule has 0 aliphatic rings. The second kappa shape index (κ2) is 9.93. The zero-order valence-corrected chi connectivity index (χ0v) is 14.5. The van der Waals surface area contributed by atoms with Crippen LogP contribution >= 0.6 is 0 Å². The number of benzene rings is 1. The highest BCUT2D eigenvalue weighted by atomic mass is 15.2. The van der Waals surface area contributed by atoms with E-state index >= 15 is 0 Å². The smallest absolute Gasteiger partial charge is 0.0473 e. The first-order valence-corrected chi connectivity index (χ1v) is 8.21. The lowest BCUT2D eigenvalue weighted by Crippen LogP contribution is -2.41. The van der Waals surface area contributed by atoms with E-state index in [0.717, 1.165) is 26.2 Å². The molecular formula is C18H33N3. The minimum Gasteiger partial charge on any atom is -0.313 e. The number of nitrogens with one attached hydrogen (secondary N) is 1. The van der Waals surface area contributed by atoms with E-state index < -0.39 is 0 Å². The van der Waals surface area contributed by atoms with Gasteiger partial charge in [0.15, 0.2) is 0 Å². The standard InChI is InChI=1S/C18H33N3/c1-6-12-21(14-13-20(4)5)18(15-19-16(2)3)17-10-8-7-9-11-17/h7-11,16,18-19H,6,12-15H2,1-5H3. The van der Waals surface area contributed by atoms with Crippen LogP contribution in [0.3, 0.4) is 0 Å². The quantitative estimate of drug-likeness (QED) is 0.715. The van der Waals surface area contributed by atoms with Crippen molar-refractivity contribution in [3.05, 3.63) is 35.9 Å². The highest BCUT2D eigenvalue weighted by Crippen LogP contribution is 2.20. The van der Waals surface area contributed by atoms with Crippen LogP contribution in [0, 0.1) is 0 Å². The fourth-order valence-electron chi connectivity index (χ4n) is 2.52. The van der Waals surface area contributed by atoms with Crippen LogP contribution < -0.4 is 5.32 Å². The second-order valence-electron chi connectivity index (χ2n) is 6.33.